The summed E-state index contributed by atoms with van der Waals surface area (Å²) in [4.78, 5) is 35.6. The number of para-hydroxylation sites is 3. The Morgan fingerprint density at radius 3 is 2.39 bits per heavy atom. The molecule has 0 unspecified atom stereocenters. The molecule has 0 atom stereocenters. The molecule has 0 saturated heterocycles. The molecule has 7 nitrogen and oxygen atoms in total. The number of nitrogens with zero attached hydrogens (tertiary/aromatic N) is 1. The molecule has 1 aromatic heterocycles. The minimum atomic E-state index is -0.683. The lowest BCUT2D eigenvalue weighted by Gasteiger charge is -2.12. The molecular weight excluding hydrogens is 360 g/mol. The van der Waals surface area contributed by atoms with Gasteiger partial charge >= 0.3 is 5.97 Å². The number of benzene rings is 2. The van der Waals surface area contributed by atoms with Gasteiger partial charge in [0.1, 0.15) is 12.3 Å². The average molecular weight is 378 g/mol. The lowest BCUT2D eigenvalue weighted by Crippen LogP contribution is -2.27. The monoisotopic (exact) mass is 378 g/mol. The van der Waals surface area contributed by atoms with Gasteiger partial charge in [-0.3, -0.25) is 14.4 Å². The Bertz CT molecular complexity index is 1010. The molecule has 7 heteroatoms. The van der Waals surface area contributed by atoms with Crippen LogP contribution >= 0.6 is 0 Å². The van der Waals surface area contributed by atoms with Gasteiger partial charge in [-0.05, 0) is 30.3 Å². The van der Waals surface area contributed by atoms with E-state index in [9.17, 15) is 14.4 Å². The minimum Gasteiger partial charge on any atom is -0.455 e. The van der Waals surface area contributed by atoms with Crippen LogP contribution < -0.4 is 15.6 Å². The van der Waals surface area contributed by atoms with Crippen LogP contribution in [-0.2, 0) is 20.9 Å². The van der Waals surface area contributed by atoms with Crippen LogP contribution in [-0.4, -0.2) is 23.1 Å². The molecule has 3 rings (SSSR count). The van der Waals surface area contributed by atoms with Crippen molar-refractivity contribution in [3.63, 3.8) is 0 Å². The highest BCUT2D eigenvalue weighted by atomic mass is 16.5. The predicted molar refractivity (Wildman–Crippen MR) is 103 cm³/mol. The number of hydrogen-bond donors (Lipinski definition) is 1. The smallest absolute Gasteiger partial charge is 0.326 e. The third kappa shape index (κ3) is 5.31. The molecule has 2 aromatic carbocycles. The maximum Gasteiger partial charge on any atom is 0.326 e. The zero-order valence-corrected chi connectivity index (χ0v) is 14.9. The number of ether oxygens (including phenoxy) is 2. The molecule has 0 aliphatic rings. The van der Waals surface area contributed by atoms with Gasteiger partial charge in [0.25, 0.3) is 11.5 Å². The van der Waals surface area contributed by atoms with Gasteiger partial charge in [-0.2, -0.15) is 0 Å². The van der Waals surface area contributed by atoms with Gasteiger partial charge < -0.3 is 19.4 Å². The first-order valence-corrected chi connectivity index (χ1v) is 8.55. The minimum absolute atomic E-state index is 0.263. The van der Waals surface area contributed by atoms with Crippen molar-refractivity contribution in [3.05, 3.63) is 89.3 Å². The number of nitrogens with one attached hydrogen (secondary N) is 1. The number of esters is 1. The van der Waals surface area contributed by atoms with Gasteiger partial charge in [0.2, 0.25) is 0 Å². The van der Waals surface area contributed by atoms with Gasteiger partial charge in [0.05, 0.1) is 5.69 Å². The standard InChI is InChI=1S/C21H18N2O5/c24-19(15-27-21(26)14-23-13-7-6-12-20(23)25)22-17-10-4-5-11-18(17)28-16-8-2-1-3-9-16/h1-13H,14-15H2,(H,22,24). The van der Waals surface area contributed by atoms with Crippen molar-refractivity contribution in [2.24, 2.45) is 0 Å². The topological polar surface area (TPSA) is 86.6 Å². The Hall–Kier alpha value is -3.87. The van der Waals surface area contributed by atoms with Crippen molar-refractivity contribution in [3.8, 4) is 11.5 Å². The second-order valence-corrected chi connectivity index (χ2v) is 5.79. The quantitative estimate of drug-likeness (QED) is 0.639. The summed E-state index contributed by atoms with van der Waals surface area (Å²) in [7, 11) is 0. The fraction of sp³-hybridized carbons (Fsp3) is 0.0952. The van der Waals surface area contributed by atoms with E-state index in [1.807, 2.05) is 18.2 Å². The van der Waals surface area contributed by atoms with Crippen LogP contribution in [0.4, 0.5) is 5.69 Å². The summed E-state index contributed by atoms with van der Waals surface area (Å²) in [6, 6.07) is 20.6. The number of amides is 1. The lowest BCUT2D eigenvalue weighted by atomic mass is 10.3. The number of anilines is 1. The van der Waals surface area contributed by atoms with Crippen LogP contribution in [0, 0.1) is 0 Å². The van der Waals surface area contributed by atoms with Crippen molar-refractivity contribution in [2.75, 3.05) is 11.9 Å². The molecule has 1 heterocycles. The predicted octanol–water partition coefficient (Wildman–Crippen LogP) is 2.82. The molecule has 0 fully saturated rings. The average Bonchev–Trinajstić information content (AvgIpc) is 2.70. The Balaban J connectivity index is 1.56. The van der Waals surface area contributed by atoms with Gasteiger partial charge in [-0.15, -0.1) is 0 Å². The molecule has 28 heavy (non-hydrogen) atoms. The second-order valence-electron chi connectivity index (χ2n) is 5.79. The molecule has 1 N–H and O–H groups in total. The fourth-order valence-corrected chi connectivity index (χ4v) is 2.38. The normalized spacial score (nSPS) is 10.1. The summed E-state index contributed by atoms with van der Waals surface area (Å²) in [5, 5.41) is 2.65. The van der Waals surface area contributed by atoms with Gasteiger partial charge in [-0.1, -0.05) is 36.4 Å². The van der Waals surface area contributed by atoms with Crippen LogP contribution in [0.1, 0.15) is 0 Å². The zero-order valence-electron chi connectivity index (χ0n) is 14.9. The van der Waals surface area contributed by atoms with E-state index >= 15 is 0 Å². The lowest BCUT2D eigenvalue weighted by molar-refractivity contribution is -0.147. The highest BCUT2D eigenvalue weighted by Gasteiger charge is 2.12. The summed E-state index contributed by atoms with van der Waals surface area (Å²) in [5.74, 6) is -0.108. The largest absolute Gasteiger partial charge is 0.455 e. The van der Waals surface area contributed by atoms with E-state index in [2.05, 4.69) is 5.32 Å². The maximum atomic E-state index is 12.1. The molecule has 0 aliphatic carbocycles. The SMILES string of the molecule is O=C(COC(=O)Cn1ccccc1=O)Nc1ccccc1Oc1ccccc1. The maximum absolute atomic E-state index is 12.1. The van der Waals surface area contributed by atoms with Crippen LogP contribution in [0.15, 0.2) is 83.8 Å². The third-order valence-corrected chi connectivity index (χ3v) is 3.69. The summed E-state index contributed by atoms with van der Waals surface area (Å²) < 4.78 is 11.9. The van der Waals surface area contributed by atoms with Crippen molar-refractivity contribution in [1.29, 1.82) is 0 Å². The number of hydrogen-bond acceptors (Lipinski definition) is 5. The fourth-order valence-electron chi connectivity index (χ4n) is 2.38. The molecule has 0 radical (unpaired) electrons. The Morgan fingerprint density at radius 1 is 0.893 bits per heavy atom. The van der Waals surface area contributed by atoms with Gasteiger partial charge in [0.15, 0.2) is 12.4 Å². The van der Waals surface area contributed by atoms with E-state index in [0.717, 1.165) is 0 Å². The molecule has 3 aromatic rings. The van der Waals surface area contributed by atoms with E-state index in [4.69, 9.17) is 9.47 Å². The van der Waals surface area contributed by atoms with Gasteiger partial charge in [-0.25, -0.2) is 0 Å². The molecule has 1 amide bonds. The van der Waals surface area contributed by atoms with Crippen molar-refractivity contribution in [1.82, 2.24) is 4.57 Å². The number of aromatic nitrogens is 1. The van der Waals surface area contributed by atoms with Crippen molar-refractivity contribution >= 4 is 17.6 Å². The van der Waals surface area contributed by atoms with Crippen molar-refractivity contribution in [2.45, 2.75) is 6.54 Å². The third-order valence-electron chi connectivity index (χ3n) is 3.69. The molecule has 142 valence electrons. The van der Waals surface area contributed by atoms with Crippen LogP contribution in [0.3, 0.4) is 0 Å². The summed E-state index contributed by atoms with van der Waals surface area (Å²) in [6.07, 6.45) is 1.47. The first-order valence-electron chi connectivity index (χ1n) is 8.55. The van der Waals surface area contributed by atoms with Crippen molar-refractivity contribution < 1.29 is 19.1 Å². The van der Waals surface area contributed by atoms with E-state index in [1.54, 1.807) is 48.5 Å². The first-order chi connectivity index (χ1) is 13.6. The summed E-state index contributed by atoms with van der Waals surface area (Å²) in [6.45, 7) is -0.735. The summed E-state index contributed by atoms with van der Waals surface area (Å²) >= 11 is 0. The highest BCUT2D eigenvalue weighted by Crippen LogP contribution is 2.28. The van der Waals surface area contributed by atoms with E-state index in [-0.39, 0.29) is 12.1 Å². The molecule has 0 bridgehead atoms. The zero-order chi connectivity index (χ0) is 19.8. The summed E-state index contributed by atoms with van der Waals surface area (Å²) in [5.41, 5.74) is 0.127. The number of rotatable bonds is 7. The molecular formula is C21H18N2O5. The first kappa shape index (κ1) is 18.9. The number of carbonyl (C=O) groups is 2. The van der Waals surface area contributed by atoms with Crippen LogP contribution in [0.5, 0.6) is 11.5 Å². The van der Waals surface area contributed by atoms with E-state index in [1.165, 1.54) is 16.8 Å². The Kier molecular flexibility index (Phi) is 6.20. The molecule has 0 aliphatic heterocycles. The number of pyridine rings is 1. The highest BCUT2D eigenvalue weighted by molar-refractivity contribution is 5.94. The number of carbonyl (C=O) groups excluding carboxylic acids is 2. The van der Waals surface area contributed by atoms with E-state index < -0.39 is 18.5 Å². The molecule has 0 saturated carbocycles. The van der Waals surface area contributed by atoms with Crippen LogP contribution in [0.25, 0.3) is 0 Å². The Labute approximate surface area is 161 Å². The Morgan fingerprint density at radius 2 is 1.61 bits per heavy atom. The van der Waals surface area contributed by atoms with E-state index in [0.29, 0.717) is 17.2 Å². The second kappa shape index (κ2) is 9.18. The van der Waals surface area contributed by atoms with Crippen LogP contribution in [0.2, 0.25) is 0 Å². The molecule has 0 spiro atoms. The van der Waals surface area contributed by atoms with Gasteiger partial charge in [0, 0.05) is 12.3 Å².